The molecule has 2 heterocycles. The summed E-state index contributed by atoms with van der Waals surface area (Å²) in [6.45, 7) is 8.97. The number of nitrogens with zero attached hydrogens (tertiary/aromatic N) is 1. The lowest BCUT2D eigenvalue weighted by molar-refractivity contribution is 0.893. The molecule has 1 nitrogen and oxygen atoms in total. The number of aromatic nitrogens is 1. The second kappa shape index (κ2) is 12.7. The van der Waals surface area contributed by atoms with Gasteiger partial charge in [0.15, 0.2) is 0 Å². The van der Waals surface area contributed by atoms with Crippen LogP contribution >= 0.6 is 11.8 Å². The second-order valence-electron chi connectivity index (χ2n) is 15.8. The molecule has 8 aromatic carbocycles. The third-order valence-corrected chi connectivity index (χ3v) is 14.0. The van der Waals surface area contributed by atoms with Gasteiger partial charge in [-0.2, -0.15) is 0 Å². The largest absolute Gasteiger partial charge is 0.309 e. The highest BCUT2D eigenvalue weighted by Gasteiger charge is 2.35. The van der Waals surface area contributed by atoms with Gasteiger partial charge in [0, 0.05) is 32.5 Å². The van der Waals surface area contributed by atoms with Gasteiger partial charge in [0.1, 0.15) is 0 Å². The van der Waals surface area contributed by atoms with Gasteiger partial charge >= 0.3 is 0 Å². The molecule has 0 amide bonds. The third kappa shape index (κ3) is 5.02. The molecule has 2 atom stereocenters. The molecule has 0 N–H and O–H groups in total. The van der Waals surface area contributed by atoms with Crippen LogP contribution in [-0.2, 0) is 0 Å². The van der Waals surface area contributed by atoms with Crippen molar-refractivity contribution >= 4 is 60.7 Å². The first kappa shape index (κ1) is 33.3. The average Bonchev–Trinajstić information content (AvgIpc) is 3.77. The molecule has 11 rings (SSSR count). The summed E-state index contributed by atoms with van der Waals surface area (Å²) in [7, 11) is 0. The van der Waals surface area contributed by atoms with Gasteiger partial charge in [-0.1, -0.05) is 127 Å². The molecule has 268 valence electrons. The van der Waals surface area contributed by atoms with Gasteiger partial charge < -0.3 is 4.57 Å². The van der Waals surface area contributed by atoms with Crippen LogP contribution in [0.5, 0.6) is 0 Å². The zero-order chi connectivity index (χ0) is 37.7. The molecule has 0 saturated carbocycles. The number of rotatable bonds is 4. The van der Waals surface area contributed by atoms with Gasteiger partial charge in [0.2, 0.25) is 0 Å². The Balaban J connectivity index is 1.07. The number of benzene rings is 8. The molecular formula is C54H41NS. The quantitative estimate of drug-likeness (QED) is 0.163. The van der Waals surface area contributed by atoms with E-state index in [1.165, 1.54) is 115 Å². The molecule has 9 aromatic rings. The zero-order valence-corrected chi connectivity index (χ0v) is 32.9. The van der Waals surface area contributed by atoms with Crippen LogP contribution < -0.4 is 0 Å². The number of para-hydroxylation sites is 1. The van der Waals surface area contributed by atoms with Crippen molar-refractivity contribution in [3.8, 4) is 27.9 Å². The molecule has 1 aliphatic heterocycles. The maximum absolute atomic E-state index is 2.46. The van der Waals surface area contributed by atoms with Crippen LogP contribution in [0.15, 0.2) is 169 Å². The molecule has 2 heteroatoms. The van der Waals surface area contributed by atoms with Crippen molar-refractivity contribution in [3.05, 3.63) is 197 Å². The van der Waals surface area contributed by atoms with Gasteiger partial charge in [0.05, 0.1) is 11.0 Å². The fourth-order valence-corrected chi connectivity index (χ4v) is 11.0. The van der Waals surface area contributed by atoms with Crippen LogP contribution in [0.4, 0.5) is 0 Å². The summed E-state index contributed by atoms with van der Waals surface area (Å²) >= 11 is 2.01. The molecule has 56 heavy (non-hydrogen) atoms. The lowest BCUT2D eigenvalue weighted by Crippen LogP contribution is -2.14. The minimum Gasteiger partial charge on any atom is -0.309 e. The van der Waals surface area contributed by atoms with Crippen LogP contribution in [-0.4, -0.2) is 9.82 Å². The first-order valence-corrected chi connectivity index (χ1v) is 20.6. The van der Waals surface area contributed by atoms with E-state index < -0.39 is 0 Å². The normalized spacial score (nSPS) is 16.2. The summed E-state index contributed by atoms with van der Waals surface area (Å²) in [4.78, 5) is 1.39. The average molecular weight is 736 g/mol. The summed E-state index contributed by atoms with van der Waals surface area (Å²) in [5.41, 5.74) is 18.2. The van der Waals surface area contributed by atoms with E-state index in [1.807, 2.05) is 11.8 Å². The fourth-order valence-electron chi connectivity index (χ4n) is 9.51. The van der Waals surface area contributed by atoms with Crippen LogP contribution in [0, 0.1) is 27.7 Å². The Bertz CT molecular complexity index is 3070. The molecule has 0 saturated heterocycles. The van der Waals surface area contributed by atoms with Crippen LogP contribution in [0.25, 0.3) is 76.9 Å². The van der Waals surface area contributed by atoms with Crippen molar-refractivity contribution in [3.63, 3.8) is 0 Å². The zero-order valence-electron chi connectivity index (χ0n) is 32.1. The standard InChI is InChI=1S/C54H41NS/c1-32-27-45-47(29-34(32)3)53(48-30-35(4)33(2)28-46(48)52(45)36-13-6-5-7-14-36)37-21-24-39(25-22-37)55-49-19-10-8-15-41(49)44-31-38(23-26-50(44)55)40-17-12-18-43-42-16-9-11-20-51(42)56-54(40)43/h5-31,40,54H,1-4H3. The van der Waals surface area contributed by atoms with E-state index in [9.17, 15) is 0 Å². The smallest absolute Gasteiger partial charge is 0.0541 e. The molecular weight excluding hydrogens is 695 g/mol. The highest BCUT2D eigenvalue weighted by molar-refractivity contribution is 8.01. The molecule has 0 spiro atoms. The first-order chi connectivity index (χ1) is 27.4. The van der Waals surface area contributed by atoms with Crippen molar-refractivity contribution in [1.82, 2.24) is 4.57 Å². The Kier molecular flexibility index (Phi) is 7.56. The molecule has 1 aliphatic carbocycles. The van der Waals surface area contributed by atoms with Crippen LogP contribution in [0.1, 0.15) is 39.3 Å². The van der Waals surface area contributed by atoms with E-state index in [4.69, 9.17) is 0 Å². The van der Waals surface area contributed by atoms with E-state index in [2.05, 4.69) is 196 Å². The SMILES string of the molecule is Cc1cc2c(-c3ccccc3)c3cc(C)c(C)cc3c(-c3ccc(-n4c5ccccc5c5cc(C6C=CC=C7c8ccccc8SC76)ccc54)cc3)c2cc1C. The second-order valence-corrected chi connectivity index (χ2v) is 17.0. The van der Waals surface area contributed by atoms with E-state index in [1.54, 1.807) is 0 Å². The van der Waals surface area contributed by atoms with Crippen molar-refractivity contribution in [1.29, 1.82) is 0 Å². The van der Waals surface area contributed by atoms with Crippen molar-refractivity contribution in [2.75, 3.05) is 0 Å². The topological polar surface area (TPSA) is 4.93 Å². The molecule has 2 unspecified atom stereocenters. The van der Waals surface area contributed by atoms with Gasteiger partial charge in [-0.25, -0.2) is 0 Å². The number of aryl methyl sites for hydroxylation is 4. The predicted octanol–water partition coefficient (Wildman–Crippen LogP) is 14.9. The monoisotopic (exact) mass is 735 g/mol. The number of hydrogen-bond acceptors (Lipinski definition) is 1. The van der Waals surface area contributed by atoms with Gasteiger partial charge in [-0.15, -0.1) is 11.8 Å². The number of hydrogen-bond donors (Lipinski definition) is 0. The van der Waals surface area contributed by atoms with E-state index >= 15 is 0 Å². The van der Waals surface area contributed by atoms with E-state index in [-0.39, 0.29) is 0 Å². The molecule has 2 aliphatic rings. The minimum absolute atomic E-state index is 0.316. The molecule has 0 fully saturated rings. The Morgan fingerprint density at radius 3 is 1.73 bits per heavy atom. The summed E-state index contributed by atoms with van der Waals surface area (Å²) in [6.07, 6.45) is 6.99. The van der Waals surface area contributed by atoms with Gasteiger partial charge in [-0.3, -0.25) is 0 Å². The van der Waals surface area contributed by atoms with Crippen molar-refractivity contribution in [2.24, 2.45) is 0 Å². The van der Waals surface area contributed by atoms with Crippen LogP contribution in [0.3, 0.4) is 0 Å². The Morgan fingerprint density at radius 1 is 0.482 bits per heavy atom. The summed E-state index contributed by atoms with van der Waals surface area (Å²) in [6, 6.07) is 54.9. The maximum Gasteiger partial charge on any atom is 0.0541 e. The maximum atomic E-state index is 2.46. The highest BCUT2D eigenvalue weighted by Crippen LogP contribution is 2.53. The fraction of sp³-hybridized carbons (Fsp3) is 0.111. The third-order valence-electron chi connectivity index (χ3n) is 12.6. The van der Waals surface area contributed by atoms with Crippen LogP contribution in [0.2, 0.25) is 0 Å². The van der Waals surface area contributed by atoms with E-state index in [0.717, 1.165) is 0 Å². The lowest BCUT2D eigenvalue weighted by Gasteiger charge is -2.24. The summed E-state index contributed by atoms with van der Waals surface area (Å²) in [5.74, 6) is 0.316. The number of thioether (sulfide) groups is 1. The summed E-state index contributed by atoms with van der Waals surface area (Å²) in [5, 5.41) is 8.21. The first-order valence-electron chi connectivity index (χ1n) is 19.7. The Hall–Kier alpha value is -6.09. The molecule has 0 bridgehead atoms. The van der Waals surface area contributed by atoms with Gasteiger partial charge in [-0.05, 0) is 147 Å². The van der Waals surface area contributed by atoms with Crippen molar-refractivity contribution < 1.29 is 0 Å². The van der Waals surface area contributed by atoms with Gasteiger partial charge in [0.25, 0.3) is 0 Å². The molecule has 1 aromatic heterocycles. The van der Waals surface area contributed by atoms with Crippen molar-refractivity contribution in [2.45, 2.75) is 43.8 Å². The Morgan fingerprint density at radius 2 is 1.05 bits per heavy atom. The predicted molar refractivity (Wildman–Crippen MR) is 242 cm³/mol. The number of fused-ring (bicyclic) bond motifs is 8. The lowest BCUT2D eigenvalue weighted by atomic mass is 9.83. The molecule has 0 radical (unpaired) electrons. The van der Waals surface area contributed by atoms with E-state index in [0.29, 0.717) is 11.2 Å². The minimum atomic E-state index is 0.316. The number of allylic oxidation sites excluding steroid dienone is 3. The Labute approximate surface area is 332 Å². The summed E-state index contributed by atoms with van der Waals surface area (Å²) < 4.78 is 2.45. The highest BCUT2D eigenvalue weighted by atomic mass is 32.2.